The van der Waals surface area contributed by atoms with Gasteiger partial charge in [-0.2, -0.15) is 13.2 Å². The molecule has 0 saturated carbocycles. The molecule has 2 aromatic rings. The molecule has 0 aliphatic rings. The molecule has 44 heavy (non-hydrogen) atoms. The quantitative estimate of drug-likeness (QED) is 0.222. The van der Waals surface area contributed by atoms with E-state index in [-0.39, 0.29) is 31.0 Å². The Morgan fingerprint density at radius 3 is 1.91 bits per heavy atom. The van der Waals surface area contributed by atoms with Crippen molar-refractivity contribution in [1.82, 2.24) is 10.6 Å². The Kier molecular flexibility index (Phi) is 13.9. The van der Waals surface area contributed by atoms with E-state index < -0.39 is 72.4 Å². The van der Waals surface area contributed by atoms with Gasteiger partial charge in [-0.25, -0.2) is 0 Å². The number of amides is 2. The summed E-state index contributed by atoms with van der Waals surface area (Å²) >= 11 is 0. The Hall–Kier alpha value is -3.86. The summed E-state index contributed by atoms with van der Waals surface area (Å²) in [6.07, 6.45) is -9.07. The normalized spacial score (nSPS) is 15.0. The number of hydrogen-bond acceptors (Lipinski definition) is 6. The molecule has 2 amide bonds. The first-order valence-corrected chi connectivity index (χ1v) is 14.6. The van der Waals surface area contributed by atoms with Gasteiger partial charge in [-0.05, 0) is 31.2 Å². The molecule has 0 bridgehead atoms. The summed E-state index contributed by atoms with van der Waals surface area (Å²) < 4.78 is 39.6. The Labute approximate surface area is 255 Å². The Bertz CT molecular complexity index is 1270. The van der Waals surface area contributed by atoms with Crippen LogP contribution in [0.4, 0.5) is 13.2 Å². The number of Topliss-reactive ketones (excluding diaryl/α,β-unsaturated/α-hetero) is 3. The molecule has 0 heterocycles. The number of rotatable bonds is 17. The monoisotopic (exact) mass is 618 g/mol. The number of alkyl halides is 3. The highest BCUT2D eigenvalue weighted by molar-refractivity contribution is 5.99. The van der Waals surface area contributed by atoms with Gasteiger partial charge in [-0.15, -0.1) is 0 Å². The predicted molar refractivity (Wildman–Crippen MR) is 158 cm³/mol. The molecule has 0 spiro atoms. The average molecular weight is 619 g/mol. The van der Waals surface area contributed by atoms with Crippen LogP contribution in [0, 0.1) is 17.8 Å². The van der Waals surface area contributed by atoms with Crippen molar-refractivity contribution in [3.05, 3.63) is 71.8 Å². The molecule has 240 valence electrons. The van der Waals surface area contributed by atoms with Crippen molar-refractivity contribution in [2.45, 2.75) is 84.2 Å². The van der Waals surface area contributed by atoms with Crippen molar-refractivity contribution in [2.24, 2.45) is 17.8 Å². The number of nitrogens with one attached hydrogen (secondary N) is 2. The maximum atomic E-state index is 13.5. The molecule has 0 aliphatic carbocycles. The first-order valence-electron chi connectivity index (χ1n) is 14.6. The lowest BCUT2D eigenvalue weighted by atomic mass is 9.87. The molecular weight excluding hydrogens is 577 g/mol. The van der Waals surface area contributed by atoms with Crippen LogP contribution in [-0.2, 0) is 25.6 Å². The maximum Gasteiger partial charge on any atom is 0.416 e. The van der Waals surface area contributed by atoms with E-state index >= 15 is 0 Å². The van der Waals surface area contributed by atoms with Gasteiger partial charge in [0.2, 0.25) is 11.8 Å². The number of carbonyl (C=O) groups excluding carboxylic acids is 5. The number of benzene rings is 2. The van der Waals surface area contributed by atoms with Gasteiger partial charge < -0.3 is 20.5 Å². The number of ketones is 3. The molecule has 5 atom stereocenters. The molecule has 2 rings (SSSR count). The van der Waals surface area contributed by atoms with Crippen LogP contribution in [0.25, 0.3) is 0 Å². The predicted octanol–water partition coefficient (Wildman–Crippen LogP) is 4.63. The van der Waals surface area contributed by atoms with Crippen LogP contribution < -0.4 is 10.6 Å². The minimum atomic E-state index is -5.03. The van der Waals surface area contributed by atoms with Gasteiger partial charge in [0.05, 0.1) is 12.1 Å². The Morgan fingerprint density at radius 1 is 0.818 bits per heavy atom. The molecule has 11 heteroatoms. The molecule has 0 fully saturated rings. The standard InChI is InChI=1S/C33H41F3N2O6/c1-20(2)25(19-28(40)24-13-9-6-10-14-24)32(44)38-27(18-23-11-7-5-8-12-23)29(41)17-21(3)31(43)37-26(16-15-22(4)39)30(42)33(34,35)36/h5-14,20-21,25-27,30,42H,15-19H2,1-4H3,(H,37,43)(H,38,44)/t21-,25+,26?,27+,30?/m1/s1. The minimum absolute atomic E-state index is 0.0816. The van der Waals surface area contributed by atoms with Crippen LogP contribution in [0.15, 0.2) is 60.7 Å². The van der Waals surface area contributed by atoms with Gasteiger partial charge in [0.25, 0.3) is 0 Å². The molecule has 3 N–H and O–H groups in total. The van der Waals surface area contributed by atoms with E-state index in [2.05, 4.69) is 10.6 Å². The van der Waals surface area contributed by atoms with Crippen LogP contribution in [0.3, 0.4) is 0 Å². The summed E-state index contributed by atoms with van der Waals surface area (Å²) in [5.74, 6) is -4.69. The fraction of sp³-hybridized carbons (Fsp3) is 0.485. The maximum absolute atomic E-state index is 13.5. The highest BCUT2D eigenvalue weighted by atomic mass is 19.4. The van der Waals surface area contributed by atoms with Gasteiger partial charge in [-0.3, -0.25) is 19.2 Å². The van der Waals surface area contributed by atoms with Gasteiger partial charge in [0.15, 0.2) is 17.7 Å². The van der Waals surface area contributed by atoms with E-state index in [0.717, 1.165) is 5.56 Å². The number of halogens is 3. The first kappa shape index (κ1) is 36.3. The van der Waals surface area contributed by atoms with Crippen molar-refractivity contribution in [3.63, 3.8) is 0 Å². The van der Waals surface area contributed by atoms with E-state index in [1.807, 2.05) is 0 Å². The molecule has 0 saturated heterocycles. The lowest BCUT2D eigenvalue weighted by Gasteiger charge is -2.27. The largest absolute Gasteiger partial charge is 0.416 e. The van der Waals surface area contributed by atoms with Crippen LogP contribution >= 0.6 is 0 Å². The van der Waals surface area contributed by atoms with Crippen LogP contribution in [0.1, 0.15) is 69.3 Å². The van der Waals surface area contributed by atoms with Crippen molar-refractivity contribution in [2.75, 3.05) is 0 Å². The average Bonchev–Trinajstić information content (AvgIpc) is 2.97. The van der Waals surface area contributed by atoms with Gasteiger partial charge in [0, 0.05) is 36.7 Å². The van der Waals surface area contributed by atoms with Gasteiger partial charge >= 0.3 is 6.18 Å². The summed E-state index contributed by atoms with van der Waals surface area (Å²) in [5, 5.41) is 14.7. The van der Waals surface area contributed by atoms with E-state index in [9.17, 15) is 42.3 Å². The van der Waals surface area contributed by atoms with E-state index in [0.29, 0.717) is 5.56 Å². The molecule has 0 radical (unpaired) electrons. The zero-order valence-electron chi connectivity index (χ0n) is 25.4. The Balaban J connectivity index is 2.20. The topological polar surface area (TPSA) is 130 Å². The summed E-state index contributed by atoms with van der Waals surface area (Å²) in [6, 6.07) is 14.5. The summed E-state index contributed by atoms with van der Waals surface area (Å²) in [7, 11) is 0. The highest BCUT2D eigenvalue weighted by Crippen LogP contribution is 2.25. The highest BCUT2D eigenvalue weighted by Gasteiger charge is 2.44. The fourth-order valence-corrected chi connectivity index (χ4v) is 4.70. The second-order valence-electron chi connectivity index (χ2n) is 11.5. The Morgan fingerprint density at radius 2 is 1.39 bits per heavy atom. The van der Waals surface area contributed by atoms with Gasteiger partial charge in [-0.1, -0.05) is 81.4 Å². The first-order chi connectivity index (χ1) is 20.6. The lowest BCUT2D eigenvalue weighted by molar-refractivity contribution is -0.213. The van der Waals surface area contributed by atoms with Crippen molar-refractivity contribution in [3.8, 4) is 0 Å². The molecule has 2 aromatic carbocycles. The van der Waals surface area contributed by atoms with Gasteiger partial charge in [0.1, 0.15) is 5.78 Å². The molecule has 0 aliphatic heterocycles. The zero-order valence-corrected chi connectivity index (χ0v) is 25.4. The lowest BCUT2D eigenvalue weighted by Crippen LogP contribution is -2.52. The van der Waals surface area contributed by atoms with Crippen LogP contribution in [0.5, 0.6) is 0 Å². The van der Waals surface area contributed by atoms with E-state index in [4.69, 9.17) is 0 Å². The minimum Gasteiger partial charge on any atom is -0.382 e. The number of aliphatic hydroxyl groups is 1. The zero-order chi connectivity index (χ0) is 33.0. The third-order valence-corrected chi connectivity index (χ3v) is 7.44. The number of aliphatic hydroxyl groups excluding tert-OH is 1. The van der Waals surface area contributed by atoms with Crippen molar-refractivity contribution < 1.29 is 42.3 Å². The second kappa shape index (κ2) is 16.8. The summed E-state index contributed by atoms with van der Waals surface area (Å²) in [6.45, 7) is 6.12. The molecule has 0 aromatic heterocycles. The number of carbonyl (C=O) groups is 5. The fourth-order valence-electron chi connectivity index (χ4n) is 4.70. The van der Waals surface area contributed by atoms with Crippen molar-refractivity contribution >= 4 is 29.2 Å². The van der Waals surface area contributed by atoms with E-state index in [1.54, 1.807) is 74.5 Å². The third-order valence-electron chi connectivity index (χ3n) is 7.44. The summed E-state index contributed by atoms with van der Waals surface area (Å²) in [5.41, 5.74) is 1.18. The smallest absolute Gasteiger partial charge is 0.382 e. The van der Waals surface area contributed by atoms with E-state index in [1.165, 1.54) is 13.8 Å². The molecular formula is C33H41F3N2O6. The SMILES string of the molecule is CC(=O)CCC(NC(=O)[C@H](C)CC(=O)[C@H](Cc1ccccc1)NC(=O)[C@@H](CC(=O)c1ccccc1)C(C)C)C(O)C(F)(F)F. The van der Waals surface area contributed by atoms with Crippen LogP contribution in [-0.4, -0.2) is 58.6 Å². The molecule has 2 unspecified atom stereocenters. The number of hydrogen-bond donors (Lipinski definition) is 3. The van der Waals surface area contributed by atoms with Crippen LogP contribution in [0.2, 0.25) is 0 Å². The van der Waals surface area contributed by atoms with Crippen molar-refractivity contribution in [1.29, 1.82) is 0 Å². The summed E-state index contributed by atoms with van der Waals surface area (Å²) in [4.78, 5) is 64.0. The molecule has 8 nitrogen and oxygen atoms in total. The second-order valence-corrected chi connectivity index (χ2v) is 11.5. The third kappa shape index (κ3) is 11.7.